The average molecular weight is 411 g/mol. The predicted octanol–water partition coefficient (Wildman–Crippen LogP) is 1.41. The van der Waals surface area contributed by atoms with Crippen LogP contribution in [0.3, 0.4) is 0 Å². The molecule has 0 bridgehead atoms. The van der Waals surface area contributed by atoms with Gasteiger partial charge in [0.15, 0.2) is 22.1 Å². The third-order valence-corrected chi connectivity index (χ3v) is 5.93. The molecule has 0 radical (unpaired) electrons. The van der Waals surface area contributed by atoms with Gasteiger partial charge in [0.2, 0.25) is 0 Å². The third-order valence-electron chi connectivity index (χ3n) is 4.83. The molecule has 10 heteroatoms. The molecule has 3 heterocycles. The molecule has 1 aromatic carbocycles. The maximum absolute atomic E-state index is 12.7. The minimum atomic E-state index is -0.351. The lowest BCUT2D eigenvalue weighted by Crippen LogP contribution is -2.39. The first-order valence-electron chi connectivity index (χ1n) is 9.17. The molecule has 0 saturated heterocycles. The van der Waals surface area contributed by atoms with Gasteiger partial charge in [-0.3, -0.25) is 13.9 Å². The predicted molar refractivity (Wildman–Crippen MR) is 112 cm³/mol. The number of fused-ring (bicyclic) bond motifs is 1. The van der Waals surface area contributed by atoms with Gasteiger partial charge in [0.25, 0.3) is 5.56 Å². The van der Waals surface area contributed by atoms with Crippen LogP contribution in [0.25, 0.3) is 22.6 Å². The van der Waals surface area contributed by atoms with Gasteiger partial charge in [0.05, 0.1) is 6.33 Å². The molecule has 0 spiro atoms. The van der Waals surface area contributed by atoms with Gasteiger partial charge in [-0.15, -0.1) is 10.2 Å². The number of thioether (sulfide) groups is 1. The third kappa shape index (κ3) is 3.39. The van der Waals surface area contributed by atoms with Crippen molar-refractivity contribution in [3.8, 4) is 11.4 Å². The van der Waals surface area contributed by atoms with Gasteiger partial charge >= 0.3 is 5.69 Å². The van der Waals surface area contributed by atoms with Gasteiger partial charge in [-0.25, -0.2) is 9.78 Å². The molecule has 4 rings (SSSR count). The molecule has 0 aliphatic carbocycles. The quantitative estimate of drug-likeness (QED) is 0.352. The number of hydrogen-bond donors (Lipinski definition) is 0. The highest BCUT2D eigenvalue weighted by Crippen LogP contribution is 2.22. The fourth-order valence-electron chi connectivity index (χ4n) is 3.26. The molecular formula is C19H21N7O2S. The number of aromatic nitrogens is 7. The van der Waals surface area contributed by atoms with Crippen molar-refractivity contribution >= 4 is 22.9 Å². The first-order valence-corrected chi connectivity index (χ1v) is 10.2. The summed E-state index contributed by atoms with van der Waals surface area (Å²) in [5.74, 6) is 1.51. The highest BCUT2D eigenvalue weighted by Gasteiger charge is 2.15. The Balaban J connectivity index is 1.47. The van der Waals surface area contributed by atoms with Crippen LogP contribution in [0.2, 0.25) is 0 Å². The summed E-state index contributed by atoms with van der Waals surface area (Å²) in [4.78, 5) is 29.4. The summed E-state index contributed by atoms with van der Waals surface area (Å²) >= 11 is 1.55. The average Bonchev–Trinajstić information content (AvgIpc) is 3.29. The van der Waals surface area contributed by atoms with Crippen LogP contribution >= 0.6 is 11.8 Å². The molecule has 29 heavy (non-hydrogen) atoms. The van der Waals surface area contributed by atoms with Crippen LogP contribution in [0, 0.1) is 0 Å². The largest absolute Gasteiger partial charge is 0.332 e. The lowest BCUT2D eigenvalue weighted by Gasteiger charge is -2.08. The fraction of sp³-hybridized carbons (Fsp3) is 0.316. The Kier molecular flexibility index (Phi) is 5.10. The Morgan fingerprint density at radius 2 is 1.76 bits per heavy atom. The van der Waals surface area contributed by atoms with E-state index in [2.05, 4.69) is 15.2 Å². The second kappa shape index (κ2) is 7.70. The lowest BCUT2D eigenvalue weighted by atomic mass is 10.2. The van der Waals surface area contributed by atoms with Crippen LogP contribution in [0.1, 0.15) is 6.42 Å². The molecule has 0 aliphatic heterocycles. The monoisotopic (exact) mass is 411 g/mol. The Morgan fingerprint density at radius 3 is 2.52 bits per heavy atom. The van der Waals surface area contributed by atoms with Gasteiger partial charge < -0.3 is 9.13 Å². The SMILES string of the molecule is Cn1c(SCCCn2c(=O)c3c(ncn3C)n(C)c2=O)nnc1-c1ccccc1. The number of benzene rings is 1. The van der Waals surface area contributed by atoms with Crippen LogP contribution < -0.4 is 11.2 Å². The highest BCUT2D eigenvalue weighted by atomic mass is 32.2. The van der Waals surface area contributed by atoms with Crippen molar-refractivity contribution in [1.82, 2.24) is 33.4 Å². The topological polar surface area (TPSA) is 92.5 Å². The van der Waals surface area contributed by atoms with E-state index in [1.807, 2.05) is 41.9 Å². The van der Waals surface area contributed by atoms with Crippen molar-refractivity contribution in [2.24, 2.45) is 21.1 Å². The second-order valence-corrected chi connectivity index (χ2v) is 7.82. The number of rotatable bonds is 6. The minimum absolute atomic E-state index is 0.307. The van der Waals surface area contributed by atoms with Gasteiger partial charge in [0.1, 0.15) is 0 Å². The zero-order chi connectivity index (χ0) is 20.5. The number of nitrogens with zero attached hydrogens (tertiary/aromatic N) is 7. The van der Waals surface area contributed by atoms with Crippen molar-refractivity contribution < 1.29 is 0 Å². The molecule has 0 amide bonds. The van der Waals surface area contributed by atoms with Crippen molar-refractivity contribution in [1.29, 1.82) is 0 Å². The Labute approximate surface area is 170 Å². The highest BCUT2D eigenvalue weighted by molar-refractivity contribution is 7.99. The van der Waals surface area contributed by atoms with Crippen LogP contribution in [0.15, 0.2) is 51.4 Å². The van der Waals surface area contributed by atoms with Crippen LogP contribution in [-0.4, -0.2) is 39.2 Å². The maximum Gasteiger partial charge on any atom is 0.332 e. The number of imidazole rings is 1. The van der Waals surface area contributed by atoms with Crippen LogP contribution in [0.5, 0.6) is 0 Å². The zero-order valence-electron chi connectivity index (χ0n) is 16.4. The molecule has 0 aliphatic rings. The second-order valence-electron chi connectivity index (χ2n) is 6.76. The first-order chi connectivity index (χ1) is 14.0. The first kappa shape index (κ1) is 19.2. The molecule has 0 fully saturated rings. The van der Waals surface area contributed by atoms with E-state index in [9.17, 15) is 9.59 Å². The summed E-state index contributed by atoms with van der Waals surface area (Å²) in [7, 11) is 5.31. The van der Waals surface area contributed by atoms with Gasteiger partial charge in [-0.1, -0.05) is 42.1 Å². The van der Waals surface area contributed by atoms with Crippen molar-refractivity contribution in [2.45, 2.75) is 18.1 Å². The van der Waals surface area contributed by atoms with Crippen molar-refractivity contribution in [2.75, 3.05) is 5.75 Å². The van der Waals surface area contributed by atoms with Gasteiger partial charge in [-0.2, -0.15) is 0 Å². The van der Waals surface area contributed by atoms with Crippen molar-refractivity contribution in [3.05, 3.63) is 57.5 Å². The van der Waals surface area contributed by atoms with Crippen molar-refractivity contribution in [3.63, 3.8) is 0 Å². The number of aryl methyl sites for hydroxylation is 2. The molecule has 0 unspecified atom stereocenters. The molecule has 3 aromatic heterocycles. The van der Waals surface area contributed by atoms with Crippen LogP contribution in [0.4, 0.5) is 0 Å². The Hall–Kier alpha value is -3.14. The van der Waals surface area contributed by atoms with E-state index in [0.717, 1.165) is 16.5 Å². The van der Waals surface area contributed by atoms with E-state index < -0.39 is 0 Å². The summed E-state index contributed by atoms with van der Waals surface area (Å²) in [6.45, 7) is 0.336. The summed E-state index contributed by atoms with van der Waals surface area (Å²) < 4.78 is 6.29. The summed E-state index contributed by atoms with van der Waals surface area (Å²) in [6, 6.07) is 9.89. The number of hydrogen-bond acceptors (Lipinski definition) is 6. The standard InChI is InChI=1S/C19H21N7O2S/c1-23-12-20-16-14(23)17(27)26(19(28)25(16)3)10-7-11-29-18-22-21-15(24(18)2)13-8-5-4-6-9-13/h4-6,8-9,12H,7,10-11H2,1-3H3. The zero-order valence-corrected chi connectivity index (χ0v) is 17.3. The van der Waals surface area contributed by atoms with E-state index >= 15 is 0 Å². The molecule has 4 aromatic rings. The molecular weight excluding hydrogens is 390 g/mol. The van der Waals surface area contributed by atoms with E-state index in [-0.39, 0.29) is 11.2 Å². The van der Waals surface area contributed by atoms with Crippen LogP contribution in [-0.2, 0) is 27.7 Å². The lowest BCUT2D eigenvalue weighted by molar-refractivity contribution is 0.594. The van der Waals surface area contributed by atoms with E-state index in [1.165, 1.54) is 9.13 Å². The summed E-state index contributed by atoms with van der Waals surface area (Å²) in [5, 5.41) is 9.33. The van der Waals surface area contributed by atoms with Gasteiger partial charge in [0, 0.05) is 39.0 Å². The molecule has 0 atom stereocenters. The minimum Gasteiger partial charge on any atom is -0.328 e. The molecule has 9 nitrogen and oxygen atoms in total. The molecule has 0 saturated carbocycles. The fourth-order valence-corrected chi connectivity index (χ4v) is 4.09. The van der Waals surface area contributed by atoms with E-state index in [1.54, 1.807) is 36.8 Å². The molecule has 150 valence electrons. The van der Waals surface area contributed by atoms with E-state index in [4.69, 9.17) is 0 Å². The smallest absolute Gasteiger partial charge is 0.328 e. The Morgan fingerprint density at radius 1 is 1.00 bits per heavy atom. The summed E-state index contributed by atoms with van der Waals surface area (Å²) in [6.07, 6.45) is 2.20. The molecule has 0 N–H and O–H groups in total. The van der Waals surface area contributed by atoms with E-state index in [0.29, 0.717) is 29.9 Å². The van der Waals surface area contributed by atoms with Gasteiger partial charge in [-0.05, 0) is 6.42 Å². The Bertz CT molecular complexity index is 1280. The maximum atomic E-state index is 12.7. The normalized spacial score (nSPS) is 11.4. The summed E-state index contributed by atoms with van der Waals surface area (Å²) in [5.41, 5.74) is 1.18.